The van der Waals surface area contributed by atoms with Gasteiger partial charge in [0.05, 0.1) is 0 Å². The van der Waals surface area contributed by atoms with Gasteiger partial charge in [-0.05, 0) is 48.8 Å². The molecule has 3 nitrogen and oxygen atoms in total. The Labute approximate surface area is 147 Å². The van der Waals surface area contributed by atoms with Gasteiger partial charge in [-0.1, -0.05) is 51.3 Å². The van der Waals surface area contributed by atoms with Gasteiger partial charge < -0.3 is 14.7 Å². The van der Waals surface area contributed by atoms with Crippen LogP contribution in [0.15, 0.2) is 24.3 Å². The van der Waals surface area contributed by atoms with Crippen molar-refractivity contribution in [3.63, 3.8) is 0 Å². The van der Waals surface area contributed by atoms with Crippen LogP contribution < -0.4 is 4.74 Å². The number of hydrogen-bond donors (Lipinski definition) is 1. The number of nitrogens with zero attached hydrogens (tertiary/aromatic N) is 1. The van der Waals surface area contributed by atoms with Gasteiger partial charge in [-0.3, -0.25) is 0 Å². The third kappa shape index (κ3) is 4.52. The first-order valence-electron chi connectivity index (χ1n) is 9.75. The van der Waals surface area contributed by atoms with E-state index in [9.17, 15) is 5.11 Å². The van der Waals surface area contributed by atoms with Gasteiger partial charge in [-0.25, -0.2) is 0 Å². The molecule has 1 aliphatic heterocycles. The van der Waals surface area contributed by atoms with Crippen molar-refractivity contribution in [1.82, 2.24) is 4.90 Å². The molecule has 0 radical (unpaired) electrons. The number of rotatable bonds is 6. The average Bonchev–Trinajstić information content (AvgIpc) is 2.60. The quantitative estimate of drug-likeness (QED) is 0.853. The van der Waals surface area contributed by atoms with Crippen molar-refractivity contribution < 1.29 is 9.84 Å². The fourth-order valence-electron chi connectivity index (χ4n) is 4.47. The third-order valence-corrected chi connectivity index (χ3v) is 5.82. The summed E-state index contributed by atoms with van der Waals surface area (Å²) in [7, 11) is 0. The predicted molar refractivity (Wildman–Crippen MR) is 98.5 cm³/mol. The Balaban J connectivity index is 1.47. The molecule has 0 aromatic heterocycles. The lowest BCUT2D eigenvalue weighted by molar-refractivity contribution is 0.0279. The Bertz CT molecular complexity index is 516. The Hall–Kier alpha value is -1.06. The summed E-state index contributed by atoms with van der Waals surface area (Å²) in [6, 6.07) is 8.17. The molecule has 0 spiro atoms. The highest BCUT2D eigenvalue weighted by Crippen LogP contribution is 2.36. The van der Waals surface area contributed by atoms with Crippen LogP contribution in [0.1, 0.15) is 57.4 Å². The Kier molecular flexibility index (Phi) is 6.18. The molecule has 1 aliphatic carbocycles. The van der Waals surface area contributed by atoms with Crippen molar-refractivity contribution in [1.29, 1.82) is 0 Å². The van der Waals surface area contributed by atoms with Crippen LogP contribution in [0.4, 0.5) is 0 Å². The van der Waals surface area contributed by atoms with Crippen LogP contribution in [0.5, 0.6) is 5.75 Å². The van der Waals surface area contributed by atoms with Gasteiger partial charge in [-0.2, -0.15) is 0 Å². The molecule has 2 fully saturated rings. The summed E-state index contributed by atoms with van der Waals surface area (Å²) in [6.07, 6.45) is 6.53. The first-order chi connectivity index (χ1) is 11.6. The molecule has 0 bridgehead atoms. The minimum Gasteiger partial charge on any atom is -0.491 e. The molecule has 1 saturated heterocycles. The summed E-state index contributed by atoms with van der Waals surface area (Å²) in [5, 5.41) is 10.4. The van der Waals surface area contributed by atoms with Gasteiger partial charge in [-0.15, -0.1) is 0 Å². The van der Waals surface area contributed by atoms with E-state index < -0.39 is 6.10 Å². The van der Waals surface area contributed by atoms with E-state index in [1.165, 1.54) is 44.2 Å². The van der Waals surface area contributed by atoms with Gasteiger partial charge in [0, 0.05) is 13.1 Å². The standard InChI is InChI=1S/C21H33NO2/c1-16(2)20-9-5-6-10-21(20)24-15-19(23)14-22-12-11-17-7-3-4-8-18(17)13-22/h5-6,9-10,16-19,23H,3-4,7-8,11-15H2,1-2H3. The van der Waals surface area contributed by atoms with Crippen LogP contribution in [-0.4, -0.2) is 42.4 Å². The van der Waals surface area contributed by atoms with Gasteiger partial charge in [0.15, 0.2) is 0 Å². The molecule has 134 valence electrons. The largest absolute Gasteiger partial charge is 0.491 e. The molecule has 0 amide bonds. The molecule has 2 aliphatic rings. The number of aliphatic hydroxyl groups excluding tert-OH is 1. The highest BCUT2D eigenvalue weighted by molar-refractivity contribution is 5.35. The number of benzene rings is 1. The number of fused-ring (bicyclic) bond motifs is 1. The number of aliphatic hydroxyl groups is 1. The lowest BCUT2D eigenvalue weighted by Crippen LogP contribution is -2.45. The Morgan fingerprint density at radius 2 is 1.88 bits per heavy atom. The van der Waals surface area contributed by atoms with Crippen molar-refractivity contribution in [3.05, 3.63) is 29.8 Å². The van der Waals surface area contributed by atoms with Crippen LogP contribution >= 0.6 is 0 Å². The predicted octanol–water partition coefficient (Wildman–Crippen LogP) is 4.06. The SMILES string of the molecule is CC(C)c1ccccc1OCC(O)CN1CCC2CCCCC2C1. The molecule has 1 saturated carbocycles. The molecule has 3 rings (SSSR count). The summed E-state index contributed by atoms with van der Waals surface area (Å²) >= 11 is 0. The third-order valence-electron chi connectivity index (χ3n) is 5.82. The minimum absolute atomic E-state index is 0.383. The average molecular weight is 332 g/mol. The van der Waals surface area contributed by atoms with E-state index in [1.54, 1.807) is 0 Å². The van der Waals surface area contributed by atoms with E-state index in [2.05, 4.69) is 24.8 Å². The smallest absolute Gasteiger partial charge is 0.122 e. The molecule has 1 aromatic carbocycles. The lowest BCUT2D eigenvalue weighted by Gasteiger charge is -2.41. The van der Waals surface area contributed by atoms with E-state index in [0.717, 1.165) is 30.7 Å². The number of β-amino-alcohol motifs (C(OH)–C–C–N with tert-alkyl or cyclic N) is 1. The number of likely N-dealkylation sites (tertiary alicyclic amines) is 1. The van der Waals surface area contributed by atoms with Gasteiger partial charge in [0.25, 0.3) is 0 Å². The van der Waals surface area contributed by atoms with E-state index in [0.29, 0.717) is 12.5 Å². The van der Waals surface area contributed by atoms with Crippen molar-refractivity contribution in [2.24, 2.45) is 11.8 Å². The molecule has 24 heavy (non-hydrogen) atoms. The molecular weight excluding hydrogens is 298 g/mol. The normalized spacial score (nSPS) is 26.2. The van der Waals surface area contributed by atoms with E-state index in [4.69, 9.17) is 4.74 Å². The molecule has 1 N–H and O–H groups in total. The lowest BCUT2D eigenvalue weighted by atomic mass is 9.75. The number of piperidine rings is 1. The van der Waals surface area contributed by atoms with Crippen LogP contribution in [0.3, 0.4) is 0 Å². The van der Waals surface area contributed by atoms with Crippen molar-refractivity contribution in [2.75, 3.05) is 26.2 Å². The molecule has 3 heteroatoms. The fraction of sp³-hybridized carbons (Fsp3) is 0.714. The van der Waals surface area contributed by atoms with Crippen molar-refractivity contribution in [2.45, 2.75) is 58.0 Å². The molecule has 3 unspecified atom stereocenters. The minimum atomic E-state index is -0.412. The Morgan fingerprint density at radius 1 is 1.12 bits per heavy atom. The maximum atomic E-state index is 10.4. The second kappa shape index (κ2) is 8.35. The van der Waals surface area contributed by atoms with Crippen LogP contribution in [-0.2, 0) is 0 Å². The second-order valence-corrected chi connectivity index (χ2v) is 8.01. The molecule has 1 heterocycles. The van der Waals surface area contributed by atoms with Crippen LogP contribution in [0.2, 0.25) is 0 Å². The maximum Gasteiger partial charge on any atom is 0.122 e. The monoisotopic (exact) mass is 331 g/mol. The maximum absolute atomic E-state index is 10.4. The van der Waals surface area contributed by atoms with Crippen molar-refractivity contribution >= 4 is 0 Å². The first-order valence-corrected chi connectivity index (χ1v) is 9.75. The summed E-state index contributed by atoms with van der Waals surface area (Å²) in [5.41, 5.74) is 1.22. The second-order valence-electron chi connectivity index (χ2n) is 8.01. The highest BCUT2D eigenvalue weighted by atomic mass is 16.5. The van der Waals surface area contributed by atoms with Gasteiger partial charge >= 0.3 is 0 Å². The van der Waals surface area contributed by atoms with Crippen LogP contribution in [0, 0.1) is 11.8 Å². The molecular formula is C21H33NO2. The van der Waals surface area contributed by atoms with E-state index in [1.807, 2.05) is 18.2 Å². The first kappa shape index (κ1) is 17.8. The fourth-order valence-corrected chi connectivity index (χ4v) is 4.47. The number of para-hydroxylation sites is 1. The van der Waals surface area contributed by atoms with E-state index in [-0.39, 0.29) is 0 Å². The summed E-state index contributed by atoms with van der Waals surface area (Å²) in [5.74, 6) is 3.16. The van der Waals surface area contributed by atoms with Crippen LogP contribution in [0.25, 0.3) is 0 Å². The summed E-state index contributed by atoms with van der Waals surface area (Å²) in [6.45, 7) is 7.78. The molecule has 3 atom stereocenters. The van der Waals surface area contributed by atoms with E-state index >= 15 is 0 Å². The highest BCUT2D eigenvalue weighted by Gasteiger charge is 2.31. The zero-order valence-corrected chi connectivity index (χ0v) is 15.3. The summed E-state index contributed by atoms with van der Waals surface area (Å²) < 4.78 is 5.93. The van der Waals surface area contributed by atoms with Gasteiger partial charge in [0.1, 0.15) is 18.5 Å². The van der Waals surface area contributed by atoms with Crippen molar-refractivity contribution in [3.8, 4) is 5.75 Å². The topological polar surface area (TPSA) is 32.7 Å². The number of hydrogen-bond acceptors (Lipinski definition) is 3. The molecule has 1 aromatic rings. The Morgan fingerprint density at radius 3 is 2.67 bits per heavy atom. The zero-order chi connectivity index (χ0) is 16.9. The zero-order valence-electron chi connectivity index (χ0n) is 15.3. The van der Waals surface area contributed by atoms with Gasteiger partial charge in [0.2, 0.25) is 0 Å². The summed E-state index contributed by atoms with van der Waals surface area (Å²) in [4.78, 5) is 2.45. The number of ether oxygens (including phenoxy) is 1.